The van der Waals surface area contributed by atoms with Crippen molar-refractivity contribution in [2.24, 2.45) is 5.92 Å². The molecular formula is C15H23F2N. The van der Waals surface area contributed by atoms with E-state index in [0.29, 0.717) is 17.9 Å². The Labute approximate surface area is 109 Å². The number of hydrogen-bond donors (Lipinski definition) is 1. The Hall–Kier alpha value is -0.960. The fourth-order valence-electron chi connectivity index (χ4n) is 2.09. The van der Waals surface area contributed by atoms with Crippen LogP contribution in [0.5, 0.6) is 0 Å². The summed E-state index contributed by atoms with van der Waals surface area (Å²) in [6.45, 7) is 4.39. The molecule has 0 aliphatic heterocycles. The lowest BCUT2D eigenvalue weighted by Gasteiger charge is -2.17. The monoisotopic (exact) mass is 255 g/mol. The quantitative estimate of drug-likeness (QED) is 0.778. The average molecular weight is 255 g/mol. The SMILES string of the molecule is CNC(CCCC(C)C)Cc1cccc(F)c1F. The van der Waals surface area contributed by atoms with E-state index in [0.717, 1.165) is 18.9 Å². The molecule has 0 amide bonds. The third-order valence-corrected chi connectivity index (χ3v) is 3.24. The molecule has 1 aromatic carbocycles. The molecule has 18 heavy (non-hydrogen) atoms. The Bertz CT molecular complexity index is 364. The van der Waals surface area contributed by atoms with E-state index < -0.39 is 11.6 Å². The number of likely N-dealkylation sites (N-methyl/N-ethyl adjacent to an activating group) is 1. The predicted octanol–water partition coefficient (Wildman–Crippen LogP) is 3.92. The van der Waals surface area contributed by atoms with Crippen molar-refractivity contribution >= 4 is 0 Å². The Morgan fingerprint density at radius 1 is 1.17 bits per heavy atom. The molecule has 0 aromatic heterocycles. The number of rotatable bonds is 7. The van der Waals surface area contributed by atoms with Gasteiger partial charge in [-0.25, -0.2) is 8.78 Å². The molecule has 0 bridgehead atoms. The van der Waals surface area contributed by atoms with Crippen LogP contribution in [0.1, 0.15) is 38.7 Å². The molecule has 0 saturated carbocycles. The summed E-state index contributed by atoms with van der Waals surface area (Å²) in [5, 5.41) is 3.18. The zero-order valence-corrected chi connectivity index (χ0v) is 11.5. The van der Waals surface area contributed by atoms with Gasteiger partial charge in [-0.1, -0.05) is 38.8 Å². The minimum Gasteiger partial charge on any atom is -0.317 e. The van der Waals surface area contributed by atoms with Gasteiger partial charge >= 0.3 is 0 Å². The van der Waals surface area contributed by atoms with Gasteiger partial charge in [-0.15, -0.1) is 0 Å². The van der Waals surface area contributed by atoms with Crippen LogP contribution in [0.15, 0.2) is 18.2 Å². The molecule has 1 aromatic rings. The van der Waals surface area contributed by atoms with E-state index in [-0.39, 0.29) is 6.04 Å². The van der Waals surface area contributed by atoms with Crippen LogP contribution < -0.4 is 5.32 Å². The number of nitrogens with one attached hydrogen (secondary N) is 1. The molecule has 1 rings (SSSR count). The molecular weight excluding hydrogens is 232 g/mol. The van der Waals surface area contributed by atoms with E-state index in [1.807, 2.05) is 7.05 Å². The van der Waals surface area contributed by atoms with Gasteiger partial charge in [0, 0.05) is 6.04 Å². The summed E-state index contributed by atoms with van der Waals surface area (Å²) in [6, 6.07) is 4.59. The van der Waals surface area contributed by atoms with Gasteiger partial charge in [0.05, 0.1) is 0 Å². The Kier molecular flexibility index (Phi) is 6.27. The summed E-state index contributed by atoms with van der Waals surface area (Å²) >= 11 is 0. The van der Waals surface area contributed by atoms with Crippen molar-refractivity contribution in [2.45, 2.75) is 45.6 Å². The van der Waals surface area contributed by atoms with Crippen LogP contribution in [0.2, 0.25) is 0 Å². The Morgan fingerprint density at radius 3 is 2.50 bits per heavy atom. The van der Waals surface area contributed by atoms with Crippen molar-refractivity contribution in [3.8, 4) is 0 Å². The van der Waals surface area contributed by atoms with Crippen molar-refractivity contribution in [2.75, 3.05) is 7.05 Å². The van der Waals surface area contributed by atoms with Gasteiger partial charge in [-0.05, 0) is 37.4 Å². The maximum Gasteiger partial charge on any atom is 0.162 e. The highest BCUT2D eigenvalue weighted by Crippen LogP contribution is 2.16. The highest BCUT2D eigenvalue weighted by atomic mass is 19.2. The first-order valence-corrected chi connectivity index (χ1v) is 6.64. The average Bonchev–Trinajstić information content (AvgIpc) is 2.33. The van der Waals surface area contributed by atoms with Crippen LogP contribution >= 0.6 is 0 Å². The van der Waals surface area contributed by atoms with Crippen molar-refractivity contribution < 1.29 is 8.78 Å². The molecule has 102 valence electrons. The van der Waals surface area contributed by atoms with Gasteiger partial charge in [0.2, 0.25) is 0 Å². The maximum absolute atomic E-state index is 13.5. The van der Waals surface area contributed by atoms with Crippen LogP contribution in [0.3, 0.4) is 0 Å². The van der Waals surface area contributed by atoms with Crippen LogP contribution in [0, 0.1) is 17.6 Å². The standard InChI is InChI=1S/C15H23F2N/c1-11(2)6-4-8-13(18-3)10-12-7-5-9-14(16)15(12)17/h5,7,9,11,13,18H,4,6,8,10H2,1-3H3. The Balaban J connectivity index is 2.54. The Morgan fingerprint density at radius 2 is 1.89 bits per heavy atom. The molecule has 0 fully saturated rings. The van der Waals surface area contributed by atoms with Crippen molar-refractivity contribution in [1.29, 1.82) is 0 Å². The summed E-state index contributed by atoms with van der Waals surface area (Å²) in [5.74, 6) is -0.778. The van der Waals surface area contributed by atoms with E-state index >= 15 is 0 Å². The van der Waals surface area contributed by atoms with E-state index in [2.05, 4.69) is 19.2 Å². The summed E-state index contributed by atoms with van der Waals surface area (Å²) < 4.78 is 26.6. The van der Waals surface area contributed by atoms with Gasteiger partial charge in [0.1, 0.15) is 0 Å². The smallest absolute Gasteiger partial charge is 0.162 e. The third-order valence-electron chi connectivity index (χ3n) is 3.24. The lowest BCUT2D eigenvalue weighted by molar-refractivity contribution is 0.443. The minimum absolute atomic E-state index is 0.208. The zero-order valence-electron chi connectivity index (χ0n) is 11.5. The first-order valence-electron chi connectivity index (χ1n) is 6.64. The topological polar surface area (TPSA) is 12.0 Å². The first kappa shape index (κ1) is 15.1. The van der Waals surface area contributed by atoms with E-state index in [4.69, 9.17) is 0 Å². The van der Waals surface area contributed by atoms with Gasteiger partial charge in [0.25, 0.3) is 0 Å². The van der Waals surface area contributed by atoms with E-state index in [1.165, 1.54) is 6.42 Å². The first-order chi connectivity index (χ1) is 8.54. The van der Waals surface area contributed by atoms with Gasteiger partial charge in [-0.3, -0.25) is 0 Å². The second-order valence-corrected chi connectivity index (χ2v) is 5.23. The summed E-state index contributed by atoms with van der Waals surface area (Å²) in [6.07, 6.45) is 3.81. The van der Waals surface area contributed by atoms with Crippen molar-refractivity contribution in [3.05, 3.63) is 35.4 Å². The molecule has 0 aliphatic carbocycles. The normalized spacial score (nSPS) is 13.0. The molecule has 0 saturated heterocycles. The summed E-state index contributed by atoms with van der Waals surface area (Å²) in [4.78, 5) is 0. The molecule has 1 N–H and O–H groups in total. The molecule has 3 heteroatoms. The lowest BCUT2D eigenvalue weighted by atomic mass is 9.98. The van der Waals surface area contributed by atoms with Crippen molar-refractivity contribution in [3.63, 3.8) is 0 Å². The van der Waals surface area contributed by atoms with Gasteiger partial charge < -0.3 is 5.32 Å². The van der Waals surface area contributed by atoms with Crippen LogP contribution in [0.25, 0.3) is 0 Å². The maximum atomic E-state index is 13.5. The predicted molar refractivity (Wildman–Crippen MR) is 71.6 cm³/mol. The van der Waals surface area contributed by atoms with E-state index in [9.17, 15) is 8.78 Å². The number of benzene rings is 1. The van der Waals surface area contributed by atoms with Gasteiger partial charge in [0.15, 0.2) is 11.6 Å². The van der Waals surface area contributed by atoms with Gasteiger partial charge in [-0.2, -0.15) is 0 Å². The molecule has 1 atom stereocenters. The highest BCUT2D eigenvalue weighted by Gasteiger charge is 2.13. The zero-order chi connectivity index (χ0) is 13.5. The van der Waals surface area contributed by atoms with Crippen molar-refractivity contribution in [1.82, 2.24) is 5.32 Å². The molecule has 1 nitrogen and oxygen atoms in total. The minimum atomic E-state index is -0.760. The lowest BCUT2D eigenvalue weighted by Crippen LogP contribution is -2.28. The largest absolute Gasteiger partial charge is 0.317 e. The van der Waals surface area contributed by atoms with E-state index in [1.54, 1.807) is 12.1 Å². The molecule has 0 radical (unpaired) electrons. The van der Waals surface area contributed by atoms with Crippen LogP contribution in [-0.2, 0) is 6.42 Å². The molecule has 0 aliphatic rings. The molecule has 1 unspecified atom stereocenters. The van der Waals surface area contributed by atoms with Crippen LogP contribution in [0.4, 0.5) is 8.78 Å². The fourth-order valence-corrected chi connectivity index (χ4v) is 2.09. The third kappa shape index (κ3) is 4.73. The molecule has 0 spiro atoms. The molecule has 0 heterocycles. The second kappa shape index (κ2) is 7.47. The fraction of sp³-hybridized carbons (Fsp3) is 0.600. The van der Waals surface area contributed by atoms with Crippen LogP contribution in [-0.4, -0.2) is 13.1 Å². The number of halogens is 2. The summed E-state index contributed by atoms with van der Waals surface area (Å²) in [7, 11) is 1.87. The summed E-state index contributed by atoms with van der Waals surface area (Å²) in [5.41, 5.74) is 0.457. The second-order valence-electron chi connectivity index (χ2n) is 5.23. The highest BCUT2D eigenvalue weighted by molar-refractivity contribution is 5.20. The number of hydrogen-bond acceptors (Lipinski definition) is 1.